The fraction of sp³-hybridized carbons (Fsp3) is 0.478. The number of nitrogens with one attached hydrogen (secondary N) is 2. The van der Waals surface area contributed by atoms with E-state index in [4.69, 9.17) is 24.3 Å². The molecule has 14 heteroatoms. The lowest BCUT2D eigenvalue weighted by atomic mass is 10.1. The molecule has 3 unspecified atom stereocenters. The molecule has 2 fully saturated rings. The Labute approximate surface area is 212 Å². The Morgan fingerprint density at radius 1 is 1.27 bits per heavy atom. The second kappa shape index (κ2) is 9.56. The number of carbonyl (C=O) groups is 1. The van der Waals surface area contributed by atoms with Crippen LogP contribution in [-0.4, -0.2) is 49.8 Å². The number of esters is 1. The predicted molar refractivity (Wildman–Crippen MR) is 133 cm³/mol. The average Bonchev–Trinajstić information content (AvgIpc) is 3.12. The van der Waals surface area contributed by atoms with Crippen LogP contribution in [0, 0.1) is 11.8 Å². The number of anilines is 1. The minimum atomic E-state index is -4.03. The molecule has 1 aliphatic carbocycles. The summed E-state index contributed by atoms with van der Waals surface area (Å²) in [5.74, 6) is -0.507. The number of hydrogen-bond acceptors (Lipinski definition) is 10. The molecule has 1 aliphatic heterocycles. The fourth-order valence-electron chi connectivity index (χ4n) is 4.58. The molecule has 0 radical (unpaired) electrons. The summed E-state index contributed by atoms with van der Waals surface area (Å²) < 4.78 is 38.6. The van der Waals surface area contributed by atoms with Crippen molar-refractivity contribution in [3.8, 4) is 5.75 Å². The first kappa shape index (κ1) is 25.4. The lowest BCUT2D eigenvalue weighted by Gasteiger charge is -2.26. The van der Waals surface area contributed by atoms with Gasteiger partial charge in [-0.25, -0.2) is 9.55 Å². The van der Waals surface area contributed by atoms with E-state index >= 15 is 0 Å². The zero-order chi connectivity index (χ0) is 26.5. The zero-order valence-corrected chi connectivity index (χ0v) is 21.6. The Balaban J connectivity index is 1.33. The molecule has 2 aromatic heterocycles. The largest absolute Gasteiger partial charge is 0.462 e. The van der Waals surface area contributed by atoms with Crippen molar-refractivity contribution in [1.29, 1.82) is 0 Å². The molecule has 2 aliphatic rings. The maximum absolute atomic E-state index is 13.8. The van der Waals surface area contributed by atoms with Crippen LogP contribution < -0.4 is 20.9 Å². The first-order valence-electron chi connectivity index (χ1n) is 12.0. The lowest BCUT2D eigenvalue weighted by molar-refractivity contribution is -0.149. The average molecular weight is 532 g/mol. The van der Waals surface area contributed by atoms with Gasteiger partial charge in [-0.05, 0) is 32.9 Å². The molecule has 3 aromatic rings. The summed E-state index contributed by atoms with van der Waals surface area (Å²) in [5, 5.41) is 2.70. The molecule has 3 heterocycles. The first-order valence-corrected chi connectivity index (χ1v) is 13.5. The molecule has 1 aromatic carbocycles. The van der Waals surface area contributed by atoms with E-state index in [2.05, 4.69) is 20.0 Å². The van der Waals surface area contributed by atoms with Gasteiger partial charge in [-0.1, -0.05) is 25.1 Å². The number of carbonyl (C=O) groups excluding carboxylic acids is 1. The maximum atomic E-state index is 13.8. The fourth-order valence-corrected chi connectivity index (χ4v) is 6.30. The standard InChI is InChI=1S/C23H29N6O7P/c1-11(2)33-22(31)13(4)28-37(32,35-14-8-6-5-7-9-14)36-18-15-12(3)21(34-17(15)18)29-10-25-16-19(29)26-23(24)27-20(16)30/h5-13,15,17-18,21H,1-4H3,(H,28,32)(H3,24,26,27,30)/t12-,13+,15?,17-,18?,21+,37?/m0/s1. The molecule has 13 nitrogen and oxygen atoms in total. The van der Waals surface area contributed by atoms with Gasteiger partial charge >= 0.3 is 13.7 Å². The van der Waals surface area contributed by atoms with Gasteiger partial charge in [0, 0.05) is 11.8 Å². The summed E-state index contributed by atoms with van der Waals surface area (Å²) in [6, 6.07) is 7.60. The van der Waals surface area contributed by atoms with E-state index in [0.29, 0.717) is 11.4 Å². The highest BCUT2D eigenvalue weighted by molar-refractivity contribution is 7.52. The summed E-state index contributed by atoms with van der Waals surface area (Å²) in [6.07, 6.45) is -0.250. The number of H-pyrrole nitrogens is 1. The third-order valence-electron chi connectivity index (χ3n) is 6.31. The normalized spacial score (nSPS) is 27.0. The molecule has 5 rings (SSSR count). The predicted octanol–water partition coefficient (Wildman–Crippen LogP) is 2.37. The van der Waals surface area contributed by atoms with Crippen LogP contribution in [0.2, 0.25) is 0 Å². The SMILES string of the molecule is CC(C)OC(=O)[C@@H](C)NP(=O)(Oc1ccccc1)OC1C2[C@@H]1O[C@@H](n1cnc3c(=O)[nH]c(N)nc31)[C@H]2C. The summed E-state index contributed by atoms with van der Waals surface area (Å²) in [7, 11) is -4.03. The van der Waals surface area contributed by atoms with E-state index in [1.165, 1.54) is 13.3 Å². The maximum Gasteiger partial charge on any atom is 0.459 e. The van der Waals surface area contributed by atoms with Crippen LogP contribution in [0.5, 0.6) is 5.75 Å². The van der Waals surface area contributed by atoms with Gasteiger partial charge in [-0.15, -0.1) is 0 Å². The highest BCUT2D eigenvalue weighted by atomic mass is 31.2. The highest BCUT2D eigenvalue weighted by Crippen LogP contribution is 2.61. The summed E-state index contributed by atoms with van der Waals surface area (Å²) >= 11 is 0. The van der Waals surface area contributed by atoms with Crippen LogP contribution in [0.3, 0.4) is 0 Å². The van der Waals surface area contributed by atoms with Gasteiger partial charge < -0.3 is 19.7 Å². The first-order chi connectivity index (χ1) is 17.6. The molecule has 7 atom stereocenters. The number of nitrogen functional groups attached to an aromatic ring is 1. The minimum Gasteiger partial charge on any atom is -0.462 e. The van der Waals surface area contributed by atoms with E-state index in [1.807, 2.05) is 6.92 Å². The minimum absolute atomic E-state index is 0.0218. The number of rotatable bonds is 9. The smallest absolute Gasteiger partial charge is 0.459 e. The van der Waals surface area contributed by atoms with E-state index in [-0.39, 0.29) is 35.5 Å². The van der Waals surface area contributed by atoms with Crippen molar-refractivity contribution in [2.45, 2.75) is 58.3 Å². The van der Waals surface area contributed by atoms with Gasteiger partial charge in [-0.3, -0.25) is 23.7 Å². The Kier molecular flexibility index (Phi) is 6.57. The number of fused-ring (bicyclic) bond motifs is 2. The van der Waals surface area contributed by atoms with Gasteiger partial charge in [0.2, 0.25) is 5.95 Å². The van der Waals surface area contributed by atoms with E-state index in [1.54, 1.807) is 48.7 Å². The van der Waals surface area contributed by atoms with Crippen LogP contribution >= 0.6 is 7.75 Å². The van der Waals surface area contributed by atoms with Gasteiger partial charge in [0.15, 0.2) is 11.2 Å². The monoisotopic (exact) mass is 532 g/mol. The van der Waals surface area contributed by atoms with Crippen LogP contribution in [0.4, 0.5) is 5.95 Å². The van der Waals surface area contributed by atoms with Crippen LogP contribution in [0.1, 0.15) is 33.9 Å². The molecule has 0 spiro atoms. The number of nitrogens with two attached hydrogens (primary N) is 1. The number of aromatic nitrogens is 4. The molecular weight excluding hydrogens is 503 g/mol. The summed E-state index contributed by atoms with van der Waals surface area (Å²) in [5.41, 5.74) is 5.75. The van der Waals surface area contributed by atoms with Gasteiger partial charge in [0.25, 0.3) is 5.56 Å². The molecular formula is C23H29N6O7P. The molecule has 1 saturated heterocycles. The molecule has 0 bridgehead atoms. The number of imidazole rings is 1. The van der Waals surface area contributed by atoms with Crippen LogP contribution in [0.15, 0.2) is 41.5 Å². The van der Waals surface area contributed by atoms with Crippen LogP contribution in [0.25, 0.3) is 11.2 Å². The van der Waals surface area contributed by atoms with Crippen molar-refractivity contribution >= 4 is 30.8 Å². The lowest BCUT2D eigenvalue weighted by Crippen LogP contribution is -2.36. The van der Waals surface area contributed by atoms with Crippen molar-refractivity contribution in [3.63, 3.8) is 0 Å². The number of para-hydroxylation sites is 1. The van der Waals surface area contributed by atoms with E-state index in [0.717, 1.165) is 0 Å². The van der Waals surface area contributed by atoms with Gasteiger partial charge in [0.1, 0.15) is 24.1 Å². The molecule has 0 amide bonds. The number of hydrogen-bond donors (Lipinski definition) is 3. The molecule has 4 N–H and O–H groups in total. The van der Waals surface area contributed by atoms with E-state index in [9.17, 15) is 14.2 Å². The van der Waals surface area contributed by atoms with Crippen molar-refractivity contribution < 1.29 is 27.9 Å². The Bertz CT molecular complexity index is 1410. The quantitative estimate of drug-likeness (QED) is 0.273. The van der Waals surface area contributed by atoms with Gasteiger partial charge in [0.05, 0.1) is 18.5 Å². The third-order valence-corrected chi connectivity index (χ3v) is 7.98. The molecule has 198 valence electrons. The number of aromatic amines is 1. The van der Waals surface area contributed by atoms with Crippen LogP contribution in [-0.2, 0) is 23.4 Å². The van der Waals surface area contributed by atoms with Crippen molar-refractivity contribution in [3.05, 3.63) is 47.0 Å². The summed E-state index contributed by atoms with van der Waals surface area (Å²) in [6.45, 7) is 6.94. The third kappa shape index (κ3) is 4.99. The summed E-state index contributed by atoms with van der Waals surface area (Å²) in [4.78, 5) is 35.3. The molecule has 1 saturated carbocycles. The van der Waals surface area contributed by atoms with E-state index < -0.39 is 37.6 Å². The Morgan fingerprint density at radius 3 is 2.65 bits per heavy atom. The second-order valence-corrected chi connectivity index (χ2v) is 11.2. The number of ether oxygens (including phenoxy) is 2. The Hall–Kier alpha value is -3.25. The highest BCUT2D eigenvalue weighted by Gasteiger charge is 2.66. The second-order valence-electron chi connectivity index (χ2n) is 9.51. The van der Waals surface area contributed by atoms with Gasteiger partial charge in [-0.2, -0.15) is 10.1 Å². The van der Waals surface area contributed by atoms with Crippen molar-refractivity contribution in [2.75, 3.05) is 5.73 Å². The topological polar surface area (TPSA) is 173 Å². The zero-order valence-electron chi connectivity index (χ0n) is 20.7. The Morgan fingerprint density at radius 2 is 2.00 bits per heavy atom. The number of nitrogens with zero attached hydrogens (tertiary/aromatic N) is 3. The van der Waals surface area contributed by atoms with Crippen molar-refractivity contribution in [1.82, 2.24) is 24.6 Å². The van der Waals surface area contributed by atoms with Crippen molar-refractivity contribution in [2.24, 2.45) is 11.8 Å². The molecule has 37 heavy (non-hydrogen) atoms. The number of benzene rings is 1.